The summed E-state index contributed by atoms with van der Waals surface area (Å²) >= 11 is 0. The van der Waals surface area contributed by atoms with Crippen molar-refractivity contribution in [3.8, 4) is 0 Å². The average Bonchev–Trinajstić information content (AvgIpc) is 2.29. The molecule has 2 aliphatic heterocycles. The highest BCUT2D eigenvalue weighted by Crippen LogP contribution is 2.24. The van der Waals surface area contributed by atoms with Crippen molar-refractivity contribution in [2.75, 3.05) is 26.2 Å². The number of hydrogen-bond acceptors (Lipinski definition) is 2. The molecule has 0 bridgehead atoms. The molecule has 0 aromatic heterocycles. The number of piperidine rings is 2. The van der Waals surface area contributed by atoms with Crippen LogP contribution in [0.15, 0.2) is 0 Å². The molecule has 2 heteroatoms. The molecule has 2 nitrogen and oxygen atoms in total. The van der Waals surface area contributed by atoms with Crippen molar-refractivity contribution in [1.29, 1.82) is 0 Å². The van der Waals surface area contributed by atoms with E-state index in [-0.39, 0.29) is 7.43 Å². The largest absolute Gasteiger partial charge is 0.300 e. The lowest BCUT2D eigenvalue weighted by molar-refractivity contribution is 0.0490. The minimum atomic E-state index is 0. The quantitative estimate of drug-likeness (QED) is 0.693. The van der Waals surface area contributed by atoms with E-state index < -0.39 is 0 Å². The summed E-state index contributed by atoms with van der Waals surface area (Å²) in [5.74, 6) is 0. The van der Waals surface area contributed by atoms with Crippen molar-refractivity contribution in [3.05, 3.63) is 0 Å². The van der Waals surface area contributed by atoms with Gasteiger partial charge < -0.3 is 4.90 Å². The Kier molecular flexibility index (Phi) is 5.46. The van der Waals surface area contributed by atoms with E-state index in [9.17, 15) is 0 Å². The Balaban J connectivity index is 0.00000144. The van der Waals surface area contributed by atoms with Crippen molar-refractivity contribution < 1.29 is 0 Å². The predicted octanol–water partition coefficient (Wildman–Crippen LogP) is 3.37. The summed E-state index contributed by atoms with van der Waals surface area (Å²) in [6, 6.07) is 0.888. The predicted molar refractivity (Wildman–Crippen MR) is 76.5 cm³/mol. The van der Waals surface area contributed by atoms with Crippen LogP contribution in [0, 0.1) is 0 Å². The summed E-state index contributed by atoms with van der Waals surface area (Å²) in [5, 5.41) is 0. The van der Waals surface area contributed by atoms with E-state index >= 15 is 0 Å². The molecule has 17 heavy (non-hydrogen) atoms. The second-order valence-corrected chi connectivity index (χ2v) is 6.49. The van der Waals surface area contributed by atoms with Gasteiger partial charge in [0.05, 0.1) is 0 Å². The molecule has 2 aliphatic rings. The molecule has 0 atom stereocenters. The Labute approximate surface area is 108 Å². The molecular weight excluding hydrogens is 208 g/mol. The Morgan fingerprint density at radius 2 is 1.35 bits per heavy atom. The van der Waals surface area contributed by atoms with Crippen molar-refractivity contribution >= 4 is 0 Å². The Bertz CT molecular complexity index is 205. The molecule has 0 aliphatic carbocycles. The second-order valence-electron chi connectivity index (χ2n) is 6.49. The minimum Gasteiger partial charge on any atom is -0.300 e. The summed E-state index contributed by atoms with van der Waals surface area (Å²) in [4.78, 5) is 5.40. The van der Waals surface area contributed by atoms with Crippen molar-refractivity contribution in [2.24, 2.45) is 0 Å². The molecule has 0 saturated carbocycles. The monoisotopic (exact) mass is 240 g/mol. The van der Waals surface area contributed by atoms with Crippen LogP contribution in [0.1, 0.15) is 60.3 Å². The van der Waals surface area contributed by atoms with Gasteiger partial charge in [0.2, 0.25) is 0 Å². The lowest BCUT2D eigenvalue weighted by atomic mass is 9.96. The molecule has 2 heterocycles. The van der Waals surface area contributed by atoms with Gasteiger partial charge in [0, 0.05) is 24.7 Å². The highest BCUT2D eigenvalue weighted by Gasteiger charge is 2.29. The average molecular weight is 240 g/mol. The SMILES string of the molecule is C.CC(C)(C)N1CCC(N2CCCCC2)CC1. The summed E-state index contributed by atoms with van der Waals surface area (Å²) in [7, 11) is 0. The van der Waals surface area contributed by atoms with Gasteiger partial charge in [-0.2, -0.15) is 0 Å². The standard InChI is InChI=1S/C14H28N2.CH4/c1-14(2,3)16-11-7-13(8-12-16)15-9-5-4-6-10-15;/h13H,4-12H2,1-3H3;1H4. The third-order valence-electron chi connectivity index (χ3n) is 4.32. The summed E-state index contributed by atoms with van der Waals surface area (Å²) in [5.41, 5.74) is 0.368. The molecule has 0 spiro atoms. The minimum absolute atomic E-state index is 0. The fourth-order valence-corrected chi connectivity index (χ4v) is 3.19. The number of hydrogen-bond donors (Lipinski definition) is 0. The zero-order valence-electron chi connectivity index (χ0n) is 11.3. The van der Waals surface area contributed by atoms with Crippen molar-refractivity contribution in [1.82, 2.24) is 9.80 Å². The van der Waals surface area contributed by atoms with Crippen LogP contribution in [-0.2, 0) is 0 Å². The van der Waals surface area contributed by atoms with Gasteiger partial charge in [-0.15, -0.1) is 0 Å². The zero-order valence-corrected chi connectivity index (χ0v) is 11.3. The van der Waals surface area contributed by atoms with Crippen LogP contribution in [0.4, 0.5) is 0 Å². The lowest BCUT2D eigenvalue weighted by Gasteiger charge is -2.44. The fraction of sp³-hybridized carbons (Fsp3) is 1.00. The van der Waals surface area contributed by atoms with Crippen LogP contribution in [-0.4, -0.2) is 47.6 Å². The first-order valence-electron chi connectivity index (χ1n) is 7.06. The topological polar surface area (TPSA) is 6.48 Å². The molecule has 0 aromatic rings. The molecule has 2 fully saturated rings. The summed E-state index contributed by atoms with van der Waals surface area (Å²) in [6.07, 6.45) is 7.09. The number of nitrogens with zero attached hydrogens (tertiary/aromatic N) is 2. The van der Waals surface area contributed by atoms with E-state index in [0.717, 1.165) is 6.04 Å². The molecule has 102 valence electrons. The van der Waals surface area contributed by atoms with Gasteiger partial charge in [-0.3, -0.25) is 4.90 Å². The number of likely N-dealkylation sites (tertiary alicyclic amines) is 2. The molecule has 0 amide bonds. The van der Waals surface area contributed by atoms with Gasteiger partial charge in [0.15, 0.2) is 0 Å². The van der Waals surface area contributed by atoms with Gasteiger partial charge in [-0.1, -0.05) is 13.8 Å². The van der Waals surface area contributed by atoms with Gasteiger partial charge in [0.25, 0.3) is 0 Å². The Morgan fingerprint density at radius 3 is 1.82 bits per heavy atom. The molecule has 0 N–H and O–H groups in total. The van der Waals surface area contributed by atoms with Gasteiger partial charge >= 0.3 is 0 Å². The van der Waals surface area contributed by atoms with Gasteiger partial charge in [-0.05, 0) is 59.5 Å². The smallest absolute Gasteiger partial charge is 0.0125 e. The first kappa shape index (κ1) is 15.0. The van der Waals surface area contributed by atoms with Crippen LogP contribution in [0.5, 0.6) is 0 Å². The summed E-state index contributed by atoms with van der Waals surface area (Å²) in [6.45, 7) is 12.3. The molecule has 0 unspecified atom stereocenters. The third kappa shape index (κ3) is 3.96. The van der Waals surface area contributed by atoms with E-state index in [0.29, 0.717) is 5.54 Å². The van der Waals surface area contributed by atoms with E-state index in [1.165, 1.54) is 58.3 Å². The maximum atomic E-state index is 2.75. The fourth-order valence-electron chi connectivity index (χ4n) is 3.19. The van der Waals surface area contributed by atoms with E-state index in [2.05, 4.69) is 30.6 Å². The Hall–Kier alpha value is -0.0800. The molecule has 0 radical (unpaired) electrons. The summed E-state index contributed by atoms with van der Waals surface area (Å²) < 4.78 is 0. The third-order valence-corrected chi connectivity index (χ3v) is 4.32. The first-order valence-corrected chi connectivity index (χ1v) is 7.06. The first-order chi connectivity index (χ1) is 7.57. The van der Waals surface area contributed by atoms with Crippen LogP contribution in [0.2, 0.25) is 0 Å². The molecule has 2 saturated heterocycles. The van der Waals surface area contributed by atoms with Gasteiger partial charge in [0.1, 0.15) is 0 Å². The van der Waals surface area contributed by atoms with E-state index in [4.69, 9.17) is 0 Å². The Morgan fingerprint density at radius 1 is 0.824 bits per heavy atom. The van der Waals surface area contributed by atoms with Crippen LogP contribution in [0.25, 0.3) is 0 Å². The van der Waals surface area contributed by atoms with Gasteiger partial charge in [-0.25, -0.2) is 0 Å². The number of rotatable bonds is 1. The highest BCUT2D eigenvalue weighted by atomic mass is 15.2. The van der Waals surface area contributed by atoms with Crippen LogP contribution < -0.4 is 0 Å². The second kappa shape index (κ2) is 6.19. The van der Waals surface area contributed by atoms with Crippen LogP contribution >= 0.6 is 0 Å². The zero-order chi connectivity index (χ0) is 11.6. The normalized spacial score (nSPS) is 25.6. The van der Waals surface area contributed by atoms with Crippen molar-refractivity contribution in [3.63, 3.8) is 0 Å². The molecule has 2 rings (SSSR count). The maximum absolute atomic E-state index is 2.75. The molecule has 0 aromatic carbocycles. The van der Waals surface area contributed by atoms with E-state index in [1.807, 2.05) is 0 Å². The molecular formula is C15H32N2. The van der Waals surface area contributed by atoms with Crippen LogP contribution in [0.3, 0.4) is 0 Å². The van der Waals surface area contributed by atoms with E-state index in [1.54, 1.807) is 0 Å². The highest BCUT2D eigenvalue weighted by molar-refractivity contribution is 4.86. The maximum Gasteiger partial charge on any atom is 0.0125 e. The van der Waals surface area contributed by atoms with Crippen molar-refractivity contribution in [2.45, 2.75) is 71.9 Å². The lowest BCUT2D eigenvalue weighted by Crippen LogP contribution is -2.51.